The first kappa shape index (κ1) is 17.7. The van der Waals surface area contributed by atoms with Gasteiger partial charge in [-0.05, 0) is 42.0 Å². The lowest BCUT2D eigenvalue weighted by atomic mass is 10.1. The Bertz CT molecular complexity index is 947. The van der Waals surface area contributed by atoms with Gasteiger partial charge < -0.3 is 14.8 Å². The van der Waals surface area contributed by atoms with E-state index in [-0.39, 0.29) is 5.91 Å². The number of amides is 1. The summed E-state index contributed by atoms with van der Waals surface area (Å²) < 4.78 is 11.2. The number of benzene rings is 1. The number of nitrogens with one attached hydrogen (secondary N) is 1. The van der Waals surface area contributed by atoms with Gasteiger partial charge in [-0.2, -0.15) is 0 Å². The number of carbonyl (C=O) groups excluding carboxylic acids is 1. The second-order valence-electron chi connectivity index (χ2n) is 5.30. The van der Waals surface area contributed by atoms with Gasteiger partial charge in [-0.15, -0.1) is 0 Å². The Balaban J connectivity index is 2.01. The summed E-state index contributed by atoms with van der Waals surface area (Å²) in [5.41, 5.74) is 2.00. The largest absolute Gasteiger partial charge is 0.497 e. The predicted molar refractivity (Wildman–Crippen MR) is 98.9 cm³/mol. The topological polar surface area (TPSA) is 73.3 Å². The van der Waals surface area contributed by atoms with Gasteiger partial charge in [-0.1, -0.05) is 11.6 Å². The minimum atomic E-state index is -0.240. The molecule has 0 bridgehead atoms. The van der Waals surface area contributed by atoms with Gasteiger partial charge in [0.05, 0.1) is 7.11 Å². The van der Waals surface area contributed by atoms with Gasteiger partial charge in [0.15, 0.2) is 0 Å². The molecule has 0 radical (unpaired) electrons. The highest BCUT2D eigenvalue weighted by molar-refractivity contribution is 6.29. The second kappa shape index (κ2) is 7.84. The lowest BCUT2D eigenvalue weighted by Gasteiger charge is -2.12. The third-order valence-electron chi connectivity index (χ3n) is 3.63. The first-order chi connectivity index (χ1) is 12.6. The molecule has 3 rings (SSSR count). The number of pyridine rings is 2. The van der Waals surface area contributed by atoms with E-state index >= 15 is 0 Å². The fourth-order valence-electron chi connectivity index (χ4n) is 2.40. The fraction of sp³-hybridized carbons (Fsp3) is 0.105. The Morgan fingerprint density at radius 3 is 2.62 bits per heavy atom. The summed E-state index contributed by atoms with van der Waals surface area (Å²) in [5, 5.41) is 2.96. The van der Waals surface area contributed by atoms with Crippen LogP contribution in [0.4, 0.5) is 0 Å². The molecule has 1 amide bonds. The Morgan fingerprint density at radius 1 is 1.08 bits per heavy atom. The van der Waals surface area contributed by atoms with Crippen molar-refractivity contribution in [3.63, 3.8) is 0 Å². The molecule has 3 aromatic rings. The average molecular weight is 370 g/mol. The van der Waals surface area contributed by atoms with Crippen LogP contribution in [-0.4, -0.2) is 30.0 Å². The summed E-state index contributed by atoms with van der Waals surface area (Å²) in [4.78, 5) is 20.2. The SMILES string of the molecule is CNC(=O)c1cc(OC)cc(Oc2ncccc2-c2ccnc(Cl)c2)c1. The van der Waals surface area contributed by atoms with E-state index in [1.54, 1.807) is 49.8 Å². The van der Waals surface area contributed by atoms with E-state index in [0.717, 1.165) is 11.1 Å². The lowest BCUT2D eigenvalue weighted by Crippen LogP contribution is -2.17. The molecule has 2 aromatic heterocycles. The molecule has 132 valence electrons. The van der Waals surface area contributed by atoms with Gasteiger partial charge in [0.2, 0.25) is 5.88 Å². The summed E-state index contributed by atoms with van der Waals surface area (Å²) in [6.07, 6.45) is 3.24. The number of halogens is 1. The van der Waals surface area contributed by atoms with Crippen molar-refractivity contribution in [2.45, 2.75) is 0 Å². The molecule has 0 saturated carbocycles. The van der Waals surface area contributed by atoms with Crippen molar-refractivity contribution in [1.82, 2.24) is 15.3 Å². The minimum absolute atomic E-state index is 0.240. The average Bonchev–Trinajstić information content (AvgIpc) is 2.67. The standard InChI is InChI=1S/C19H16ClN3O3/c1-21-18(24)13-8-14(25-2)11-15(9-13)26-19-16(4-3-6-23-19)12-5-7-22-17(20)10-12/h3-11H,1-2H3,(H,21,24). The summed E-state index contributed by atoms with van der Waals surface area (Å²) in [7, 11) is 3.09. The van der Waals surface area contributed by atoms with E-state index in [9.17, 15) is 4.79 Å². The Morgan fingerprint density at radius 2 is 1.88 bits per heavy atom. The number of hydrogen-bond donors (Lipinski definition) is 1. The molecule has 0 aliphatic rings. The number of aromatic nitrogens is 2. The number of methoxy groups -OCH3 is 1. The van der Waals surface area contributed by atoms with Gasteiger partial charge in [0.25, 0.3) is 5.91 Å². The summed E-state index contributed by atoms with van der Waals surface area (Å²) >= 11 is 5.99. The zero-order chi connectivity index (χ0) is 18.5. The molecule has 0 atom stereocenters. The molecule has 0 spiro atoms. The maximum Gasteiger partial charge on any atom is 0.251 e. The van der Waals surface area contributed by atoms with Crippen LogP contribution in [0.3, 0.4) is 0 Å². The maximum atomic E-state index is 12.0. The van der Waals surface area contributed by atoms with Crippen LogP contribution in [0.5, 0.6) is 17.4 Å². The number of nitrogens with zero attached hydrogens (tertiary/aromatic N) is 2. The molecule has 0 saturated heterocycles. The number of carbonyl (C=O) groups is 1. The van der Waals surface area contributed by atoms with E-state index in [1.165, 1.54) is 7.11 Å². The molecule has 6 nitrogen and oxygen atoms in total. The normalized spacial score (nSPS) is 10.3. The third-order valence-corrected chi connectivity index (χ3v) is 3.83. The Kier molecular flexibility index (Phi) is 5.34. The monoisotopic (exact) mass is 369 g/mol. The first-order valence-electron chi connectivity index (χ1n) is 7.76. The molecule has 26 heavy (non-hydrogen) atoms. The predicted octanol–water partition coefficient (Wildman–Crippen LogP) is 3.96. The molecule has 0 unspecified atom stereocenters. The van der Waals surface area contributed by atoms with E-state index in [2.05, 4.69) is 15.3 Å². The van der Waals surface area contributed by atoms with Crippen LogP contribution >= 0.6 is 11.6 Å². The zero-order valence-electron chi connectivity index (χ0n) is 14.2. The van der Waals surface area contributed by atoms with E-state index < -0.39 is 0 Å². The zero-order valence-corrected chi connectivity index (χ0v) is 14.9. The molecule has 1 N–H and O–H groups in total. The van der Waals surface area contributed by atoms with Crippen molar-refractivity contribution >= 4 is 17.5 Å². The molecule has 1 aromatic carbocycles. The third kappa shape index (κ3) is 3.92. The van der Waals surface area contributed by atoms with Crippen LogP contribution in [0.15, 0.2) is 54.9 Å². The van der Waals surface area contributed by atoms with Crippen molar-refractivity contribution < 1.29 is 14.3 Å². The molecular weight excluding hydrogens is 354 g/mol. The molecule has 0 aliphatic carbocycles. The van der Waals surface area contributed by atoms with Crippen LogP contribution in [-0.2, 0) is 0 Å². The van der Waals surface area contributed by atoms with Crippen molar-refractivity contribution in [3.8, 4) is 28.5 Å². The van der Waals surface area contributed by atoms with E-state index in [1.807, 2.05) is 12.1 Å². The van der Waals surface area contributed by atoms with Crippen molar-refractivity contribution in [3.05, 3.63) is 65.6 Å². The highest BCUT2D eigenvalue weighted by Gasteiger charge is 2.13. The van der Waals surface area contributed by atoms with Crippen molar-refractivity contribution in [1.29, 1.82) is 0 Å². The van der Waals surface area contributed by atoms with Crippen molar-refractivity contribution in [2.24, 2.45) is 0 Å². The first-order valence-corrected chi connectivity index (χ1v) is 8.14. The number of ether oxygens (including phenoxy) is 2. The van der Waals surface area contributed by atoms with E-state index in [4.69, 9.17) is 21.1 Å². The van der Waals surface area contributed by atoms with Crippen LogP contribution in [0.1, 0.15) is 10.4 Å². The van der Waals surface area contributed by atoms with Gasteiger partial charge in [-0.3, -0.25) is 4.79 Å². The maximum absolute atomic E-state index is 12.0. The van der Waals surface area contributed by atoms with Crippen molar-refractivity contribution in [2.75, 3.05) is 14.2 Å². The van der Waals surface area contributed by atoms with Gasteiger partial charge in [-0.25, -0.2) is 9.97 Å². The van der Waals surface area contributed by atoms with Crippen LogP contribution in [0.2, 0.25) is 5.15 Å². The van der Waals surface area contributed by atoms with Gasteiger partial charge >= 0.3 is 0 Å². The van der Waals surface area contributed by atoms with Crippen LogP contribution in [0, 0.1) is 0 Å². The molecule has 2 heterocycles. The number of rotatable bonds is 5. The molecular formula is C19H16ClN3O3. The smallest absolute Gasteiger partial charge is 0.251 e. The molecule has 7 heteroatoms. The minimum Gasteiger partial charge on any atom is -0.497 e. The van der Waals surface area contributed by atoms with Crippen LogP contribution in [0.25, 0.3) is 11.1 Å². The summed E-state index contributed by atoms with van der Waals surface area (Å²) in [6, 6.07) is 12.2. The molecule has 0 fully saturated rings. The fourth-order valence-corrected chi connectivity index (χ4v) is 2.57. The second-order valence-corrected chi connectivity index (χ2v) is 5.69. The molecule has 0 aliphatic heterocycles. The highest BCUT2D eigenvalue weighted by Crippen LogP contribution is 2.33. The lowest BCUT2D eigenvalue weighted by molar-refractivity contribution is 0.0962. The van der Waals surface area contributed by atoms with Gasteiger partial charge in [0.1, 0.15) is 16.7 Å². The number of hydrogen-bond acceptors (Lipinski definition) is 5. The van der Waals surface area contributed by atoms with Crippen LogP contribution < -0.4 is 14.8 Å². The summed E-state index contributed by atoms with van der Waals surface area (Å²) in [6.45, 7) is 0. The Labute approximate surface area is 155 Å². The van der Waals surface area contributed by atoms with Gasteiger partial charge in [0, 0.05) is 36.6 Å². The van der Waals surface area contributed by atoms with E-state index in [0.29, 0.717) is 28.1 Å². The Hall–Kier alpha value is -3.12. The quantitative estimate of drug-likeness (QED) is 0.689. The highest BCUT2D eigenvalue weighted by atomic mass is 35.5. The summed E-state index contributed by atoms with van der Waals surface area (Å²) in [5.74, 6) is 1.08.